The van der Waals surface area contributed by atoms with Gasteiger partial charge in [0, 0.05) is 12.7 Å². The summed E-state index contributed by atoms with van der Waals surface area (Å²) in [5, 5.41) is 4.13. The van der Waals surface area contributed by atoms with Crippen LogP contribution in [0.5, 0.6) is 0 Å². The lowest BCUT2D eigenvalue weighted by Gasteiger charge is -2.01. The average Bonchev–Trinajstić information content (AvgIpc) is 2.74. The molecule has 0 spiro atoms. The van der Waals surface area contributed by atoms with Crippen molar-refractivity contribution in [1.82, 2.24) is 9.78 Å². The van der Waals surface area contributed by atoms with Crippen LogP contribution in [0.2, 0.25) is 0 Å². The third kappa shape index (κ3) is 4.39. The maximum Gasteiger partial charge on any atom is 0.360 e. The molecule has 5 heteroatoms. The number of methoxy groups -OCH3 is 1. The fourth-order valence-corrected chi connectivity index (χ4v) is 1.86. The van der Waals surface area contributed by atoms with Gasteiger partial charge in [-0.25, -0.2) is 4.79 Å². The molecule has 1 rings (SSSR count). The normalized spacial score (nSPS) is 10.6. The van der Waals surface area contributed by atoms with Crippen LogP contribution in [-0.2, 0) is 11.3 Å². The highest BCUT2D eigenvalue weighted by Crippen LogP contribution is 2.12. The van der Waals surface area contributed by atoms with Crippen LogP contribution in [0, 0.1) is 0 Å². The van der Waals surface area contributed by atoms with Gasteiger partial charge in [0.15, 0.2) is 5.69 Å². The van der Waals surface area contributed by atoms with Crippen LogP contribution in [0.15, 0.2) is 6.20 Å². The first-order valence-electron chi connectivity index (χ1n) is 6.60. The number of nitrogens with zero attached hydrogens (tertiary/aromatic N) is 2. The fourth-order valence-electron chi connectivity index (χ4n) is 1.86. The van der Waals surface area contributed by atoms with E-state index in [1.807, 2.05) is 0 Å². The standard InChI is InChI=1S/C13H23N3O2/c1-3-4-5-6-7-8-9-16-10-11(14)12(15-16)13(17)18-2/h10H,3-9,14H2,1-2H3. The number of carbonyl (C=O) groups is 1. The van der Waals surface area contributed by atoms with Crippen molar-refractivity contribution in [2.45, 2.75) is 52.0 Å². The number of nitrogen functional groups attached to an aromatic ring is 1. The molecule has 0 aliphatic heterocycles. The molecule has 0 aliphatic carbocycles. The van der Waals surface area contributed by atoms with Gasteiger partial charge in [-0.15, -0.1) is 0 Å². The summed E-state index contributed by atoms with van der Waals surface area (Å²) in [5.74, 6) is -0.478. The first-order valence-corrected chi connectivity index (χ1v) is 6.60. The average molecular weight is 253 g/mol. The number of hydrogen-bond acceptors (Lipinski definition) is 4. The van der Waals surface area contributed by atoms with Crippen molar-refractivity contribution in [1.29, 1.82) is 0 Å². The number of rotatable bonds is 8. The van der Waals surface area contributed by atoms with E-state index in [-0.39, 0.29) is 5.69 Å². The number of nitrogens with two attached hydrogens (primary N) is 1. The van der Waals surface area contributed by atoms with E-state index < -0.39 is 5.97 Å². The van der Waals surface area contributed by atoms with Crippen LogP contribution in [0.3, 0.4) is 0 Å². The van der Waals surface area contributed by atoms with Crippen LogP contribution in [0.1, 0.15) is 55.9 Å². The molecule has 18 heavy (non-hydrogen) atoms. The van der Waals surface area contributed by atoms with Crippen LogP contribution < -0.4 is 5.73 Å². The summed E-state index contributed by atoms with van der Waals surface area (Å²) in [4.78, 5) is 11.3. The molecule has 0 saturated heterocycles. The Bertz CT molecular complexity index is 374. The molecule has 0 fully saturated rings. The lowest BCUT2D eigenvalue weighted by atomic mass is 10.1. The van der Waals surface area contributed by atoms with Gasteiger partial charge in [0.25, 0.3) is 0 Å². The van der Waals surface area contributed by atoms with E-state index in [1.165, 1.54) is 39.2 Å². The quantitative estimate of drug-likeness (QED) is 0.571. The molecular weight excluding hydrogens is 230 g/mol. The van der Waals surface area contributed by atoms with E-state index >= 15 is 0 Å². The van der Waals surface area contributed by atoms with Crippen molar-refractivity contribution in [2.75, 3.05) is 12.8 Å². The summed E-state index contributed by atoms with van der Waals surface area (Å²) in [6.45, 7) is 3.01. The molecule has 102 valence electrons. The number of carbonyl (C=O) groups excluding carboxylic acids is 1. The molecular formula is C13H23N3O2. The highest BCUT2D eigenvalue weighted by Gasteiger charge is 2.14. The predicted octanol–water partition coefficient (Wildman–Crippen LogP) is 2.61. The lowest BCUT2D eigenvalue weighted by molar-refractivity contribution is 0.0594. The van der Waals surface area contributed by atoms with E-state index in [0.717, 1.165) is 13.0 Å². The Balaban J connectivity index is 2.33. The van der Waals surface area contributed by atoms with Gasteiger partial charge in [0.2, 0.25) is 0 Å². The molecule has 0 aliphatic rings. The number of esters is 1. The summed E-state index contributed by atoms with van der Waals surface area (Å²) in [6.07, 6.45) is 9.07. The zero-order valence-electron chi connectivity index (χ0n) is 11.3. The Morgan fingerprint density at radius 2 is 2.00 bits per heavy atom. The van der Waals surface area contributed by atoms with Gasteiger partial charge in [0.1, 0.15) is 0 Å². The van der Waals surface area contributed by atoms with Crippen molar-refractivity contribution in [3.63, 3.8) is 0 Å². The van der Waals surface area contributed by atoms with E-state index in [4.69, 9.17) is 5.73 Å². The van der Waals surface area contributed by atoms with Crippen LogP contribution >= 0.6 is 0 Å². The van der Waals surface area contributed by atoms with Crippen molar-refractivity contribution in [3.05, 3.63) is 11.9 Å². The summed E-state index contributed by atoms with van der Waals surface area (Å²) in [7, 11) is 1.33. The molecule has 1 heterocycles. The molecule has 1 aromatic heterocycles. The number of aromatic nitrogens is 2. The zero-order valence-corrected chi connectivity index (χ0v) is 11.3. The Morgan fingerprint density at radius 3 is 2.67 bits per heavy atom. The predicted molar refractivity (Wildman–Crippen MR) is 71.4 cm³/mol. The minimum absolute atomic E-state index is 0.212. The SMILES string of the molecule is CCCCCCCCn1cc(N)c(C(=O)OC)n1. The molecule has 0 unspecified atom stereocenters. The van der Waals surface area contributed by atoms with Gasteiger partial charge < -0.3 is 10.5 Å². The summed E-state index contributed by atoms with van der Waals surface area (Å²) >= 11 is 0. The number of hydrogen-bond donors (Lipinski definition) is 1. The first kappa shape index (κ1) is 14.5. The van der Waals surface area contributed by atoms with E-state index in [1.54, 1.807) is 10.9 Å². The molecule has 2 N–H and O–H groups in total. The van der Waals surface area contributed by atoms with Crippen LogP contribution in [0.4, 0.5) is 5.69 Å². The second-order valence-electron chi connectivity index (χ2n) is 4.46. The number of unbranched alkanes of at least 4 members (excludes halogenated alkanes) is 5. The van der Waals surface area contributed by atoms with E-state index in [0.29, 0.717) is 5.69 Å². The monoisotopic (exact) mass is 253 g/mol. The molecule has 0 radical (unpaired) electrons. The molecule has 0 atom stereocenters. The van der Waals surface area contributed by atoms with Crippen molar-refractivity contribution in [3.8, 4) is 0 Å². The van der Waals surface area contributed by atoms with Gasteiger partial charge in [-0.1, -0.05) is 39.0 Å². The third-order valence-corrected chi connectivity index (χ3v) is 2.91. The summed E-state index contributed by atoms with van der Waals surface area (Å²) in [5.41, 5.74) is 6.30. The minimum Gasteiger partial charge on any atom is -0.464 e. The molecule has 0 amide bonds. The number of ether oxygens (including phenoxy) is 1. The maximum absolute atomic E-state index is 11.3. The van der Waals surface area contributed by atoms with Gasteiger partial charge >= 0.3 is 5.97 Å². The number of aryl methyl sites for hydroxylation is 1. The molecule has 5 nitrogen and oxygen atoms in total. The van der Waals surface area contributed by atoms with Gasteiger partial charge in [-0.2, -0.15) is 5.10 Å². The Kier molecular flexibility index (Phi) is 6.25. The second kappa shape index (κ2) is 7.74. The molecule has 1 aromatic rings. The van der Waals surface area contributed by atoms with Gasteiger partial charge in [0.05, 0.1) is 12.8 Å². The summed E-state index contributed by atoms with van der Waals surface area (Å²) in [6, 6.07) is 0. The van der Waals surface area contributed by atoms with E-state index in [2.05, 4.69) is 16.8 Å². The Labute approximate surface area is 108 Å². The third-order valence-electron chi connectivity index (χ3n) is 2.91. The molecule has 0 bridgehead atoms. The van der Waals surface area contributed by atoms with Gasteiger partial charge in [-0.3, -0.25) is 4.68 Å². The first-order chi connectivity index (χ1) is 8.69. The number of anilines is 1. The fraction of sp³-hybridized carbons (Fsp3) is 0.692. The van der Waals surface area contributed by atoms with Crippen molar-refractivity contribution < 1.29 is 9.53 Å². The van der Waals surface area contributed by atoms with Crippen LogP contribution in [-0.4, -0.2) is 22.9 Å². The largest absolute Gasteiger partial charge is 0.464 e. The lowest BCUT2D eigenvalue weighted by Crippen LogP contribution is -2.06. The molecule has 0 aromatic carbocycles. The summed E-state index contributed by atoms with van der Waals surface area (Å²) < 4.78 is 6.33. The topological polar surface area (TPSA) is 70.1 Å². The van der Waals surface area contributed by atoms with Crippen molar-refractivity contribution >= 4 is 11.7 Å². The van der Waals surface area contributed by atoms with Crippen molar-refractivity contribution in [2.24, 2.45) is 0 Å². The van der Waals surface area contributed by atoms with Gasteiger partial charge in [-0.05, 0) is 6.42 Å². The van der Waals surface area contributed by atoms with E-state index in [9.17, 15) is 4.79 Å². The zero-order chi connectivity index (χ0) is 13.4. The highest BCUT2D eigenvalue weighted by atomic mass is 16.5. The smallest absolute Gasteiger partial charge is 0.360 e. The van der Waals surface area contributed by atoms with Crippen LogP contribution in [0.25, 0.3) is 0 Å². The Morgan fingerprint density at radius 1 is 1.33 bits per heavy atom. The second-order valence-corrected chi connectivity index (χ2v) is 4.46. The highest BCUT2D eigenvalue weighted by molar-refractivity contribution is 5.92. The minimum atomic E-state index is -0.478. The Hall–Kier alpha value is -1.52. The maximum atomic E-state index is 11.3. The molecule has 0 saturated carbocycles.